The number of hydrogen-bond acceptors (Lipinski definition) is 5. The molecule has 1 aromatic heterocycles. The van der Waals surface area contributed by atoms with Crippen molar-refractivity contribution < 1.29 is 15.0 Å². The fourth-order valence-corrected chi connectivity index (χ4v) is 3.67. The smallest absolute Gasteiger partial charge is 0.279 e. The maximum atomic E-state index is 12.9. The largest absolute Gasteiger partial charge is 0.396 e. The summed E-state index contributed by atoms with van der Waals surface area (Å²) in [6.45, 7) is 1.72. The minimum Gasteiger partial charge on any atom is -0.396 e. The number of hydrogen-bond donors (Lipinski definition) is 3. The second-order valence-corrected chi connectivity index (χ2v) is 7.13. The van der Waals surface area contributed by atoms with Crippen LogP contribution in [0.3, 0.4) is 0 Å². The number of benzene rings is 2. The SMILES string of the molecule is C[C@H](/C=C/CCO)[C@@]1(O)C(=O)Nc2ccc(-n3ncc4ccccc4c3=O)cc21. The number of nitrogens with one attached hydrogen (secondary N) is 1. The Hall–Kier alpha value is -3.29. The summed E-state index contributed by atoms with van der Waals surface area (Å²) >= 11 is 0. The number of amides is 1. The topological polar surface area (TPSA) is 104 Å². The lowest BCUT2D eigenvalue weighted by atomic mass is 9.82. The van der Waals surface area contributed by atoms with Gasteiger partial charge in [0.25, 0.3) is 11.5 Å². The van der Waals surface area contributed by atoms with Gasteiger partial charge in [-0.15, -0.1) is 0 Å². The van der Waals surface area contributed by atoms with Gasteiger partial charge in [0, 0.05) is 29.2 Å². The Bertz CT molecular complexity index is 1180. The highest BCUT2D eigenvalue weighted by atomic mass is 16.3. The van der Waals surface area contributed by atoms with E-state index in [0.717, 1.165) is 5.39 Å². The van der Waals surface area contributed by atoms with Crippen molar-refractivity contribution >= 4 is 22.4 Å². The molecule has 0 spiro atoms. The van der Waals surface area contributed by atoms with Crippen molar-refractivity contribution in [3.8, 4) is 5.69 Å². The van der Waals surface area contributed by atoms with E-state index in [0.29, 0.717) is 28.7 Å². The minimum atomic E-state index is -1.78. The molecular formula is C22H21N3O4. The lowest BCUT2D eigenvalue weighted by Gasteiger charge is -2.26. The third kappa shape index (κ3) is 3.04. The Labute approximate surface area is 166 Å². The average Bonchev–Trinajstić information content (AvgIpc) is 2.99. The number of aromatic nitrogens is 2. The van der Waals surface area contributed by atoms with E-state index in [9.17, 15) is 14.7 Å². The third-order valence-electron chi connectivity index (χ3n) is 5.33. The Balaban J connectivity index is 1.82. The fourth-order valence-electron chi connectivity index (χ4n) is 3.67. The Morgan fingerprint density at radius 2 is 2.03 bits per heavy atom. The number of carbonyl (C=O) groups is 1. The first-order valence-electron chi connectivity index (χ1n) is 9.40. The molecule has 0 bridgehead atoms. The first-order valence-corrected chi connectivity index (χ1v) is 9.40. The molecule has 2 aromatic carbocycles. The van der Waals surface area contributed by atoms with Gasteiger partial charge in [0.2, 0.25) is 0 Å². The van der Waals surface area contributed by atoms with Gasteiger partial charge in [0.05, 0.1) is 17.3 Å². The monoisotopic (exact) mass is 391 g/mol. The Kier molecular flexibility index (Phi) is 4.77. The molecule has 2 heterocycles. The van der Waals surface area contributed by atoms with Crippen LogP contribution in [0.1, 0.15) is 18.9 Å². The van der Waals surface area contributed by atoms with Crippen LogP contribution in [0.25, 0.3) is 16.5 Å². The molecule has 0 unspecified atom stereocenters. The summed E-state index contributed by atoms with van der Waals surface area (Å²) in [6, 6.07) is 12.1. The number of aliphatic hydroxyl groups is 2. The zero-order chi connectivity index (χ0) is 20.6. The van der Waals surface area contributed by atoms with E-state index in [-0.39, 0.29) is 12.2 Å². The molecule has 7 nitrogen and oxygen atoms in total. The van der Waals surface area contributed by atoms with Crippen molar-refractivity contribution in [1.29, 1.82) is 0 Å². The van der Waals surface area contributed by atoms with Crippen LogP contribution in [0.5, 0.6) is 0 Å². The van der Waals surface area contributed by atoms with E-state index in [1.54, 1.807) is 55.6 Å². The van der Waals surface area contributed by atoms with Gasteiger partial charge >= 0.3 is 0 Å². The Morgan fingerprint density at radius 3 is 2.83 bits per heavy atom. The van der Waals surface area contributed by atoms with Gasteiger partial charge in [-0.05, 0) is 30.7 Å². The van der Waals surface area contributed by atoms with E-state index in [1.807, 2.05) is 12.1 Å². The zero-order valence-electron chi connectivity index (χ0n) is 15.9. The van der Waals surface area contributed by atoms with E-state index in [1.165, 1.54) is 4.68 Å². The predicted molar refractivity (Wildman–Crippen MR) is 110 cm³/mol. The van der Waals surface area contributed by atoms with Crippen LogP contribution in [0.15, 0.2) is 65.6 Å². The lowest BCUT2D eigenvalue weighted by Crippen LogP contribution is -2.39. The van der Waals surface area contributed by atoms with E-state index < -0.39 is 17.4 Å². The molecule has 0 aliphatic carbocycles. The van der Waals surface area contributed by atoms with Crippen LogP contribution in [0, 0.1) is 5.92 Å². The first-order chi connectivity index (χ1) is 14.0. The summed E-state index contributed by atoms with van der Waals surface area (Å²) in [7, 11) is 0. The van der Waals surface area contributed by atoms with Crippen molar-refractivity contribution in [3.05, 3.63) is 76.7 Å². The second-order valence-electron chi connectivity index (χ2n) is 7.13. The summed E-state index contributed by atoms with van der Waals surface area (Å²) < 4.78 is 1.26. The number of fused-ring (bicyclic) bond motifs is 2. The maximum Gasteiger partial charge on any atom is 0.279 e. The molecule has 0 saturated carbocycles. The number of aliphatic hydroxyl groups excluding tert-OH is 1. The highest BCUT2D eigenvalue weighted by Gasteiger charge is 2.48. The van der Waals surface area contributed by atoms with Gasteiger partial charge < -0.3 is 15.5 Å². The number of rotatable bonds is 5. The summed E-state index contributed by atoms with van der Waals surface area (Å²) in [4.78, 5) is 25.5. The highest BCUT2D eigenvalue weighted by molar-refractivity contribution is 6.05. The van der Waals surface area contributed by atoms with Crippen LogP contribution < -0.4 is 10.9 Å². The molecule has 3 aromatic rings. The van der Waals surface area contributed by atoms with Gasteiger partial charge in [0.15, 0.2) is 5.60 Å². The Morgan fingerprint density at radius 1 is 1.24 bits per heavy atom. The zero-order valence-corrected chi connectivity index (χ0v) is 15.9. The van der Waals surface area contributed by atoms with Crippen molar-refractivity contribution in [2.75, 3.05) is 11.9 Å². The molecule has 0 fully saturated rings. The molecule has 7 heteroatoms. The first kappa shape index (κ1) is 19.0. The van der Waals surface area contributed by atoms with Gasteiger partial charge in [0.1, 0.15) is 0 Å². The predicted octanol–water partition coefficient (Wildman–Crippen LogP) is 2.10. The summed E-state index contributed by atoms with van der Waals surface area (Å²) in [6.07, 6.45) is 5.48. The van der Waals surface area contributed by atoms with Crippen molar-refractivity contribution in [1.82, 2.24) is 9.78 Å². The van der Waals surface area contributed by atoms with Gasteiger partial charge in [-0.1, -0.05) is 37.3 Å². The van der Waals surface area contributed by atoms with Crippen LogP contribution in [0.2, 0.25) is 0 Å². The number of nitrogens with zero attached hydrogens (tertiary/aromatic N) is 2. The molecule has 148 valence electrons. The van der Waals surface area contributed by atoms with Crippen LogP contribution in [-0.4, -0.2) is 32.5 Å². The van der Waals surface area contributed by atoms with Gasteiger partial charge in [-0.3, -0.25) is 9.59 Å². The molecule has 0 radical (unpaired) electrons. The van der Waals surface area contributed by atoms with Crippen LogP contribution in [-0.2, 0) is 10.4 Å². The van der Waals surface area contributed by atoms with Crippen molar-refractivity contribution in [2.24, 2.45) is 5.92 Å². The standard InChI is InChI=1S/C22H21N3O4/c1-14(6-4-5-11-26)22(29)18-12-16(9-10-19(18)24-21(22)28)25-20(27)17-8-3-2-7-15(17)13-23-25/h2-4,6-10,12-14,26,29H,5,11H2,1H3,(H,24,28)/b6-4+/t14-,22+/m1/s1. The van der Waals surface area contributed by atoms with Crippen LogP contribution >= 0.6 is 0 Å². The minimum absolute atomic E-state index is 0.00880. The molecule has 1 aliphatic rings. The molecule has 0 saturated heterocycles. The van der Waals surface area contributed by atoms with Crippen LogP contribution in [0.4, 0.5) is 5.69 Å². The molecule has 1 amide bonds. The fraction of sp³-hybridized carbons (Fsp3) is 0.227. The van der Waals surface area contributed by atoms with Gasteiger partial charge in [-0.25, -0.2) is 0 Å². The lowest BCUT2D eigenvalue weighted by molar-refractivity contribution is -0.137. The highest BCUT2D eigenvalue weighted by Crippen LogP contribution is 2.42. The normalized spacial score (nSPS) is 19.5. The molecule has 29 heavy (non-hydrogen) atoms. The molecule has 1 aliphatic heterocycles. The molecular weight excluding hydrogens is 370 g/mol. The van der Waals surface area contributed by atoms with Crippen molar-refractivity contribution in [3.63, 3.8) is 0 Å². The average molecular weight is 391 g/mol. The molecule has 2 atom stereocenters. The van der Waals surface area contributed by atoms with Crippen molar-refractivity contribution in [2.45, 2.75) is 18.9 Å². The number of carbonyl (C=O) groups excluding carboxylic acids is 1. The van der Waals surface area contributed by atoms with Gasteiger partial charge in [-0.2, -0.15) is 9.78 Å². The maximum absolute atomic E-state index is 12.9. The summed E-state index contributed by atoms with van der Waals surface area (Å²) in [5.74, 6) is -1.06. The molecule has 3 N–H and O–H groups in total. The third-order valence-corrected chi connectivity index (χ3v) is 5.33. The second kappa shape index (κ2) is 7.27. The van der Waals surface area contributed by atoms with E-state index in [2.05, 4.69) is 10.4 Å². The van der Waals surface area contributed by atoms with E-state index in [4.69, 9.17) is 5.11 Å². The molecule has 4 rings (SSSR count). The van der Waals surface area contributed by atoms with E-state index >= 15 is 0 Å². The number of anilines is 1. The quantitative estimate of drug-likeness (QED) is 0.578. The summed E-state index contributed by atoms with van der Waals surface area (Å²) in [5, 5.41) is 28.4. The summed E-state index contributed by atoms with van der Waals surface area (Å²) in [5.41, 5.74) is -0.709.